The second-order valence-electron chi connectivity index (χ2n) is 5.58. The number of carbonyl (C=O) groups is 1. The number of hydrogen-bond acceptors (Lipinski definition) is 6. The van der Waals surface area contributed by atoms with Gasteiger partial charge in [0.25, 0.3) is 5.91 Å². The molecule has 1 saturated heterocycles. The quantitative estimate of drug-likeness (QED) is 0.876. The van der Waals surface area contributed by atoms with Gasteiger partial charge >= 0.3 is 0 Å². The Kier molecular flexibility index (Phi) is 3.99. The number of rotatable bonds is 4. The standard InChI is InChI=1S/C13H18N2O5S/c16-13(12-10-3-1-2-4-11(10)20-14-12)15-21(17,18)8-9-5-6-19-7-9/h9H,1-8H2,(H,15,16)/t9-/m0/s1. The zero-order valence-corrected chi connectivity index (χ0v) is 12.4. The maximum atomic E-state index is 12.1. The summed E-state index contributed by atoms with van der Waals surface area (Å²) in [6.07, 6.45) is 4.12. The maximum absolute atomic E-state index is 12.1. The Labute approximate surface area is 123 Å². The van der Waals surface area contributed by atoms with Crippen molar-refractivity contribution in [3.63, 3.8) is 0 Å². The fourth-order valence-corrected chi connectivity index (χ4v) is 4.17. The summed E-state index contributed by atoms with van der Waals surface area (Å²) >= 11 is 0. The number of carbonyl (C=O) groups excluding carboxylic acids is 1. The summed E-state index contributed by atoms with van der Waals surface area (Å²) in [6, 6.07) is 0. The zero-order chi connectivity index (χ0) is 14.9. The van der Waals surface area contributed by atoms with E-state index in [2.05, 4.69) is 9.88 Å². The van der Waals surface area contributed by atoms with E-state index in [9.17, 15) is 13.2 Å². The first kappa shape index (κ1) is 14.5. The average molecular weight is 314 g/mol. The molecule has 0 unspecified atom stereocenters. The highest BCUT2D eigenvalue weighted by Crippen LogP contribution is 2.24. The molecule has 1 aliphatic carbocycles. The van der Waals surface area contributed by atoms with Gasteiger partial charge in [-0.05, 0) is 25.7 Å². The molecule has 1 aromatic heterocycles. The predicted molar refractivity (Wildman–Crippen MR) is 73.3 cm³/mol. The van der Waals surface area contributed by atoms with Crippen molar-refractivity contribution in [2.45, 2.75) is 32.1 Å². The van der Waals surface area contributed by atoms with Gasteiger partial charge in [0.1, 0.15) is 5.76 Å². The van der Waals surface area contributed by atoms with Gasteiger partial charge in [-0.25, -0.2) is 13.1 Å². The molecule has 1 atom stereocenters. The molecule has 7 nitrogen and oxygen atoms in total. The van der Waals surface area contributed by atoms with E-state index in [0.717, 1.165) is 24.8 Å². The molecular formula is C13H18N2O5S. The van der Waals surface area contributed by atoms with E-state index >= 15 is 0 Å². The Morgan fingerprint density at radius 1 is 1.33 bits per heavy atom. The lowest BCUT2D eigenvalue weighted by molar-refractivity contribution is 0.0971. The van der Waals surface area contributed by atoms with Crippen LogP contribution in [0.15, 0.2) is 4.52 Å². The van der Waals surface area contributed by atoms with E-state index in [-0.39, 0.29) is 17.4 Å². The monoisotopic (exact) mass is 314 g/mol. The Morgan fingerprint density at radius 3 is 2.90 bits per heavy atom. The minimum atomic E-state index is -3.68. The molecule has 116 valence electrons. The van der Waals surface area contributed by atoms with Crippen LogP contribution in [0.2, 0.25) is 0 Å². The van der Waals surface area contributed by atoms with E-state index in [1.807, 2.05) is 0 Å². The van der Waals surface area contributed by atoms with Crippen LogP contribution in [0.4, 0.5) is 0 Å². The highest BCUT2D eigenvalue weighted by Gasteiger charge is 2.29. The third-order valence-electron chi connectivity index (χ3n) is 3.89. The molecule has 0 radical (unpaired) electrons. The van der Waals surface area contributed by atoms with E-state index < -0.39 is 15.9 Å². The zero-order valence-electron chi connectivity index (χ0n) is 11.6. The number of aryl methyl sites for hydroxylation is 1. The SMILES string of the molecule is O=C(NS(=O)(=O)C[C@H]1CCOC1)c1noc2c1CCCC2. The molecule has 0 aromatic carbocycles. The summed E-state index contributed by atoms with van der Waals surface area (Å²) in [5.74, 6) is -0.144. The molecule has 3 rings (SSSR count). The van der Waals surface area contributed by atoms with Crippen molar-refractivity contribution in [3.8, 4) is 0 Å². The second kappa shape index (κ2) is 5.76. The van der Waals surface area contributed by atoms with E-state index in [4.69, 9.17) is 9.26 Å². The van der Waals surface area contributed by atoms with Crippen molar-refractivity contribution in [1.82, 2.24) is 9.88 Å². The van der Waals surface area contributed by atoms with Gasteiger partial charge in [-0.3, -0.25) is 4.79 Å². The summed E-state index contributed by atoms with van der Waals surface area (Å²) in [6.45, 7) is 0.999. The number of nitrogens with one attached hydrogen (secondary N) is 1. The smallest absolute Gasteiger partial charge is 0.287 e. The number of sulfonamides is 1. The van der Waals surface area contributed by atoms with Crippen LogP contribution in [0.3, 0.4) is 0 Å². The van der Waals surface area contributed by atoms with Gasteiger partial charge in [0, 0.05) is 24.5 Å². The van der Waals surface area contributed by atoms with Crippen molar-refractivity contribution in [2.24, 2.45) is 5.92 Å². The second-order valence-corrected chi connectivity index (χ2v) is 7.35. The topological polar surface area (TPSA) is 98.5 Å². The highest BCUT2D eigenvalue weighted by molar-refractivity contribution is 7.90. The van der Waals surface area contributed by atoms with Crippen molar-refractivity contribution in [2.75, 3.05) is 19.0 Å². The summed E-state index contributed by atoms with van der Waals surface area (Å²) in [7, 11) is -3.68. The van der Waals surface area contributed by atoms with Crippen molar-refractivity contribution in [3.05, 3.63) is 17.0 Å². The van der Waals surface area contributed by atoms with Gasteiger partial charge < -0.3 is 9.26 Å². The van der Waals surface area contributed by atoms with Crippen molar-refractivity contribution < 1.29 is 22.5 Å². The fourth-order valence-electron chi connectivity index (χ4n) is 2.82. The number of aromatic nitrogens is 1. The minimum Gasteiger partial charge on any atom is -0.381 e. The highest BCUT2D eigenvalue weighted by atomic mass is 32.2. The van der Waals surface area contributed by atoms with Crippen LogP contribution in [0.25, 0.3) is 0 Å². The third-order valence-corrected chi connectivity index (χ3v) is 5.30. The lowest BCUT2D eigenvalue weighted by Crippen LogP contribution is -2.35. The molecule has 2 heterocycles. The molecule has 1 amide bonds. The Bertz CT molecular complexity index is 631. The first-order valence-electron chi connectivity index (χ1n) is 7.15. The van der Waals surface area contributed by atoms with Gasteiger partial charge in [0.05, 0.1) is 12.4 Å². The van der Waals surface area contributed by atoms with Crippen molar-refractivity contribution in [1.29, 1.82) is 0 Å². The number of amides is 1. The molecule has 1 aliphatic heterocycles. The van der Waals surface area contributed by atoms with Crippen LogP contribution in [-0.2, 0) is 27.6 Å². The van der Waals surface area contributed by atoms with Gasteiger partial charge in [0.15, 0.2) is 5.69 Å². The number of nitrogens with zero attached hydrogens (tertiary/aromatic N) is 1. The first-order valence-corrected chi connectivity index (χ1v) is 8.80. The van der Waals surface area contributed by atoms with Crippen LogP contribution >= 0.6 is 0 Å². The molecular weight excluding hydrogens is 296 g/mol. The molecule has 8 heteroatoms. The first-order chi connectivity index (χ1) is 10.1. The van der Waals surface area contributed by atoms with E-state index in [0.29, 0.717) is 31.8 Å². The Balaban J connectivity index is 1.69. The third kappa shape index (κ3) is 3.26. The van der Waals surface area contributed by atoms with Crippen LogP contribution in [-0.4, -0.2) is 38.4 Å². The maximum Gasteiger partial charge on any atom is 0.287 e. The van der Waals surface area contributed by atoms with Gasteiger partial charge in [-0.2, -0.15) is 0 Å². The lowest BCUT2D eigenvalue weighted by atomic mass is 9.96. The minimum absolute atomic E-state index is 0.0541. The normalized spacial score (nSPS) is 22.0. The Morgan fingerprint density at radius 2 is 2.14 bits per heavy atom. The Hall–Kier alpha value is -1.41. The van der Waals surface area contributed by atoms with E-state index in [1.165, 1.54) is 0 Å². The molecule has 1 aromatic rings. The summed E-state index contributed by atoms with van der Waals surface area (Å²) in [5.41, 5.74) is 0.856. The molecule has 0 bridgehead atoms. The summed E-state index contributed by atoms with van der Waals surface area (Å²) in [4.78, 5) is 12.1. The van der Waals surface area contributed by atoms with E-state index in [1.54, 1.807) is 0 Å². The average Bonchev–Trinajstić information content (AvgIpc) is 3.06. The molecule has 21 heavy (non-hydrogen) atoms. The van der Waals surface area contributed by atoms with Gasteiger partial charge in [0.2, 0.25) is 10.0 Å². The molecule has 1 N–H and O–H groups in total. The fraction of sp³-hybridized carbons (Fsp3) is 0.692. The van der Waals surface area contributed by atoms with Gasteiger partial charge in [-0.15, -0.1) is 0 Å². The molecule has 0 saturated carbocycles. The molecule has 2 aliphatic rings. The summed E-state index contributed by atoms with van der Waals surface area (Å²) in [5, 5.41) is 3.74. The largest absolute Gasteiger partial charge is 0.381 e. The van der Waals surface area contributed by atoms with Crippen LogP contribution in [0.1, 0.15) is 41.1 Å². The number of ether oxygens (including phenoxy) is 1. The number of fused-ring (bicyclic) bond motifs is 1. The summed E-state index contributed by atoms with van der Waals surface area (Å²) < 4.78 is 36.4. The van der Waals surface area contributed by atoms with Crippen LogP contribution < -0.4 is 4.72 Å². The number of hydrogen-bond donors (Lipinski definition) is 1. The van der Waals surface area contributed by atoms with Gasteiger partial charge in [-0.1, -0.05) is 5.16 Å². The molecule has 1 fully saturated rings. The lowest BCUT2D eigenvalue weighted by Gasteiger charge is -2.11. The molecule has 0 spiro atoms. The van der Waals surface area contributed by atoms with Crippen LogP contribution in [0.5, 0.6) is 0 Å². The van der Waals surface area contributed by atoms with Crippen LogP contribution in [0, 0.1) is 5.92 Å². The van der Waals surface area contributed by atoms with Crippen molar-refractivity contribution >= 4 is 15.9 Å². The predicted octanol–water partition coefficient (Wildman–Crippen LogP) is 0.649.